The van der Waals surface area contributed by atoms with Crippen molar-refractivity contribution in [3.05, 3.63) is 0 Å². The Kier molecular flexibility index (Phi) is 13.2. The van der Waals surface area contributed by atoms with Gasteiger partial charge in [0.1, 0.15) is 0 Å². The van der Waals surface area contributed by atoms with Crippen molar-refractivity contribution in [3.63, 3.8) is 0 Å². The predicted octanol–water partition coefficient (Wildman–Crippen LogP) is 7.55. The minimum atomic E-state index is 0.559. The number of ether oxygens (including phenoxy) is 1. The maximum atomic E-state index is 5.49. The molecule has 0 spiro atoms. The second-order valence-electron chi connectivity index (χ2n) is 7.78. The van der Waals surface area contributed by atoms with Gasteiger partial charge in [0.05, 0.1) is 6.10 Å². The summed E-state index contributed by atoms with van der Waals surface area (Å²) in [5, 5.41) is 0. The fourth-order valence-corrected chi connectivity index (χ4v) is 5.34. The van der Waals surface area contributed by atoms with Gasteiger partial charge >= 0.3 is 0 Å². The monoisotopic (exact) mass is 436 g/mol. The molecule has 1 aliphatic carbocycles. The molecule has 0 heterocycles. The Labute approximate surface area is 159 Å². The van der Waals surface area contributed by atoms with Crippen molar-refractivity contribution >= 4 is 22.6 Å². The van der Waals surface area contributed by atoms with Gasteiger partial charge in [0, 0.05) is 11.0 Å². The van der Waals surface area contributed by atoms with Crippen molar-refractivity contribution in [3.8, 4) is 0 Å². The summed E-state index contributed by atoms with van der Waals surface area (Å²) in [5.41, 5.74) is 0. The molecule has 2 atom stereocenters. The van der Waals surface area contributed by atoms with Crippen molar-refractivity contribution in [2.24, 2.45) is 11.8 Å². The van der Waals surface area contributed by atoms with E-state index in [1.54, 1.807) is 0 Å². The van der Waals surface area contributed by atoms with E-state index in [2.05, 4.69) is 36.4 Å². The molecule has 23 heavy (non-hydrogen) atoms. The van der Waals surface area contributed by atoms with Crippen LogP contribution in [-0.4, -0.2) is 17.1 Å². The van der Waals surface area contributed by atoms with Gasteiger partial charge < -0.3 is 4.74 Å². The summed E-state index contributed by atoms with van der Waals surface area (Å²) in [6, 6.07) is 0. The van der Waals surface area contributed by atoms with Gasteiger partial charge in [0.15, 0.2) is 0 Å². The lowest BCUT2D eigenvalue weighted by molar-refractivity contribution is 0.0549. The van der Waals surface area contributed by atoms with Crippen LogP contribution >= 0.6 is 22.6 Å². The number of methoxy groups -OCH3 is 1. The summed E-state index contributed by atoms with van der Waals surface area (Å²) < 4.78 is 6.41. The Balaban J connectivity index is 2.12. The third-order valence-electron chi connectivity index (χ3n) is 5.78. The van der Waals surface area contributed by atoms with Gasteiger partial charge in [-0.1, -0.05) is 87.8 Å². The van der Waals surface area contributed by atoms with Crippen molar-refractivity contribution in [1.82, 2.24) is 0 Å². The van der Waals surface area contributed by atoms with Crippen LogP contribution < -0.4 is 0 Å². The Morgan fingerprint density at radius 2 is 1.52 bits per heavy atom. The molecule has 0 aromatic carbocycles. The summed E-state index contributed by atoms with van der Waals surface area (Å²) in [5.74, 6) is 1.99. The Morgan fingerprint density at radius 1 is 0.870 bits per heavy atom. The molecule has 0 radical (unpaired) electrons. The van der Waals surface area contributed by atoms with E-state index < -0.39 is 0 Å². The van der Waals surface area contributed by atoms with Gasteiger partial charge in [-0.15, -0.1) is 0 Å². The molecule has 2 heteroatoms. The lowest BCUT2D eigenvalue weighted by Gasteiger charge is -2.28. The minimum Gasteiger partial charge on any atom is -0.381 e. The van der Waals surface area contributed by atoms with Crippen LogP contribution in [-0.2, 0) is 4.74 Å². The summed E-state index contributed by atoms with van der Waals surface area (Å²) >= 11 is 2.66. The molecule has 2 unspecified atom stereocenters. The molecule has 0 N–H and O–H groups in total. The molecule has 0 amide bonds. The molecule has 138 valence electrons. The van der Waals surface area contributed by atoms with Gasteiger partial charge in [-0.25, -0.2) is 0 Å². The molecule has 1 nitrogen and oxygen atoms in total. The molecule has 0 aromatic rings. The molecule has 0 aliphatic heterocycles. The second kappa shape index (κ2) is 13.9. The summed E-state index contributed by atoms with van der Waals surface area (Å²) in [4.78, 5) is 0. The quantitative estimate of drug-likeness (QED) is 0.214. The third-order valence-corrected chi connectivity index (χ3v) is 7.03. The third kappa shape index (κ3) is 10.3. The smallest absolute Gasteiger partial charge is 0.0571 e. The number of alkyl halides is 1. The Morgan fingerprint density at radius 3 is 2.13 bits per heavy atom. The first-order chi connectivity index (χ1) is 11.2. The van der Waals surface area contributed by atoms with E-state index in [0.717, 1.165) is 15.8 Å². The number of hydrogen-bond donors (Lipinski definition) is 0. The summed E-state index contributed by atoms with van der Waals surface area (Å²) in [6.07, 6.45) is 20.3. The first kappa shape index (κ1) is 21.7. The van der Waals surface area contributed by atoms with Crippen LogP contribution in [0.2, 0.25) is 0 Å². The van der Waals surface area contributed by atoms with Crippen molar-refractivity contribution < 1.29 is 4.74 Å². The standard InChI is InChI=1S/C21H41IO/c1-4-8-18(12-7-13-20(22)9-5-2)10-6-11-19-14-16-21(23-3)17-15-19/h18-21H,4-17H2,1-3H3. The van der Waals surface area contributed by atoms with E-state index in [1.165, 1.54) is 89.9 Å². The molecule has 1 aliphatic rings. The number of hydrogen-bond acceptors (Lipinski definition) is 1. The fraction of sp³-hybridized carbons (Fsp3) is 1.00. The maximum absolute atomic E-state index is 5.49. The van der Waals surface area contributed by atoms with Gasteiger partial charge in [0.2, 0.25) is 0 Å². The normalized spacial score (nSPS) is 24.5. The zero-order valence-corrected chi connectivity index (χ0v) is 18.2. The highest BCUT2D eigenvalue weighted by Gasteiger charge is 2.20. The fourth-order valence-electron chi connectivity index (χ4n) is 4.28. The molecule has 0 aromatic heterocycles. The molecule has 0 saturated heterocycles. The van der Waals surface area contributed by atoms with Crippen molar-refractivity contribution in [1.29, 1.82) is 0 Å². The van der Waals surface area contributed by atoms with E-state index in [-0.39, 0.29) is 0 Å². The van der Waals surface area contributed by atoms with E-state index in [1.807, 2.05) is 7.11 Å². The Hall–Kier alpha value is 0.690. The zero-order chi connectivity index (χ0) is 16.9. The number of rotatable bonds is 13. The van der Waals surface area contributed by atoms with E-state index in [4.69, 9.17) is 4.74 Å². The van der Waals surface area contributed by atoms with Crippen LogP contribution in [0.25, 0.3) is 0 Å². The average Bonchev–Trinajstić information content (AvgIpc) is 2.56. The van der Waals surface area contributed by atoms with Crippen LogP contribution in [0.1, 0.15) is 104 Å². The molecule has 1 rings (SSSR count). The topological polar surface area (TPSA) is 9.23 Å². The first-order valence-electron chi connectivity index (χ1n) is 10.4. The molecular weight excluding hydrogens is 395 g/mol. The highest BCUT2D eigenvalue weighted by Crippen LogP contribution is 2.31. The predicted molar refractivity (Wildman–Crippen MR) is 112 cm³/mol. The zero-order valence-electron chi connectivity index (χ0n) is 16.0. The maximum Gasteiger partial charge on any atom is 0.0571 e. The Bertz CT molecular complexity index is 261. The average molecular weight is 436 g/mol. The van der Waals surface area contributed by atoms with E-state index >= 15 is 0 Å². The van der Waals surface area contributed by atoms with Crippen LogP contribution in [0, 0.1) is 11.8 Å². The van der Waals surface area contributed by atoms with Gasteiger partial charge in [0.25, 0.3) is 0 Å². The highest BCUT2D eigenvalue weighted by atomic mass is 127. The van der Waals surface area contributed by atoms with E-state index in [0.29, 0.717) is 6.10 Å². The highest BCUT2D eigenvalue weighted by molar-refractivity contribution is 14.1. The van der Waals surface area contributed by atoms with Crippen LogP contribution in [0.3, 0.4) is 0 Å². The molecule has 0 bridgehead atoms. The van der Waals surface area contributed by atoms with Crippen molar-refractivity contribution in [2.45, 2.75) is 114 Å². The molecule has 1 saturated carbocycles. The minimum absolute atomic E-state index is 0.559. The molecule has 1 fully saturated rings. The van der Waals surface area contributed by atoms with Gasteiger partial charge in [-0.05, 0) is 50.4 Å². The van der Waals surface area contributed by atoms with E-state index in [9.17, 15) is 0 Å². The lowest BCUT2D eigenvalue weighted by atomic mass is 9.82. The van der Waals surface area contributed by atoms with Crippen LogP contribution in [0.5, 0.6) is 0 Å². The van der Waals surface area contributed by atoms with Gasteiger partial charge in [-0.3, -0.25) is 0 Å². The second-order valence-corrected chi connectivity index (χ2v) is 9.54. The number of halogens is 1. The first-order valence-corrected chi connectivity index (χ1v) is 11.6. The summed E-state index contributed by atoms with van der Waals surface area (Å²) in [6.45, 7) is 4.67. The van der Waals surface area contributed by atoms with Crippen LogP contribution in [0.15, 0.2) is 0 Å². The van der Waals surface area contributed by atoms with Crippen molar-refractivity contribution in [2.75, 3.05) is 7.11 Å². The van der Waals surface area contributed by atoms with Crippen LogP contribution in [0.4, 0.5) is 0 Å². The summed E-state index contributed by atoms with van der Waals surface area (Å²) in [7, 11) is 1.88. The largest absolute Gasteiger partial charge is 0.381 e. The molecular formula is C21H41IO. The lowest BCUT2D eigenvalue weighted by Crippen LogP contribution is -2.20. The SMILES string of the molecule is CCCC(I)CCCC(CCC)CCCC1CCC(OC)CC1. The van der Waals surface area contributed by atoms with Gasteiger partial charge in [-0.2, -0.15) is 0 Å².